The number of rotatable bonds is 2. The van der Waals surface area contributed by atoms with Gasteiger partial charge in [0.1, 0.15) is 6.17 Å². The Labute approximate surface area is 98.5 Å². The van der Waals surface area contributed by atoms with Gasteiger partial charge in [-0.25, -0.2) is 10.9 Å². The predicted molar refractivity (Wildman–Crippen MR) is 65.0 cm³/mol. The van der Waals surface area contributed by atoms with E-state index in [9.17, 15) is 0 Å². The van der Waals surface area contributed by atoms with Crippen LogP contribution in [-0.4, -0.2) is 11.1 Å². The van der Waals surface area contributed by atoms with Crippen LogP contribution in [0.15, 0.2) is 36.5 Å². The minimum atomic E-state index is -0.198. The van der Waals surface area contributed by atoms with Crippen LogP contribution >= 0.6 is 0 Å². The molecule has 6 nitrogen and oxygen atoms in total. The summed E-state index contributed by atoms with van der Waals surface area (Å²) in [5.41, 5.74) is 19.7. The second-order valence-electron chi connectivity index (χ2n) is 3.96. The number of pyridine rings is 1. The molecule has 17 heavy (non-hydrogen) atoms. The molecule has 0 saturated carbocycles. The molecular weight excluding hydrogens is 216 g/mol. The minimum absolute atomic E-state index is 0.0809. The van der Waals surface area contributed by atoms with Crippen molar-refractivity contribution in [3.63, 3.8) is 0 Å². The molecule has 0 bridgehead atoms. The molecule has 1 aromatic carbocycles. The van der Waals surface area contributed by atoms with Gasteiger partial charge in [-0.1, -0.05) is 24.3 Å². The lowest BCUT2D eigenvalue weighted by Gasteiger charge is -2.19. The van der Waals surface area contributed by atoms with Crippen LogP contribution in [0.5, 0.6) is 0 Å². The Hall–Kier alpha value is -1.57. The summed E-state index contributed by atoms with van der Waals surface area (Å²) in [6.07, 6.45) is 1.70. The molecule has 1 saturated heterocycles. The van der Waals surface area contributed by atoms with Gasteiger partial charge >= 0.3 is 0 Å². The largest absolute Gasteiger partial charge is 0.321 e. The molecule has 0 spiro atoms. The van der Waals surface area contributed by atoms with Gasteiger partial charge in [0.15, 0.2) is 0 Å². The van der Waals surface area contributed by atoms with Gasteiger partial charge in [-0.3, -0.25) is 4.98 Å². The van der Waals surface area contributed by atoms with Gasteiger partial charge in [-0.05, 0) is 11.6 Å². The monoisotopic (exact) mass is 230 g/mol. The van der Waals surface area contributed by atoms with Gasteiger partial charge in [-0.15, -0.1) is 0 Å². The van der Waals surface area contributed by atoms with Gasteiger partial charge in [0, 0.05) is 11.6 Å². The molecule has 3 rings (SSSR count). The predicted octanol–water partition coefficient (Wildman–Crippen LogP) is -0.322. The fraction of sp³-hybridized carbons (Fsp3) is 0.182. The molecule has 2 heterocycles. The third-order valence-electron chi connectivity index (χ3n) is 2.90. The van der Waals surface area contributed by atoms with Crippen LogP contribution in [0, 0.1) is 0 Å². The topological polar surface area (TPSA) is 87.0 Å². The average Bonchev–Trinajstić information content (AvgIpc) is 2.91. The first-order valence-corrected chi connectivity index (χ1v) is 5.46. The fourth-order valence-electron chi connectivity index (χ4n) is 2.02. The second-order valence-corrected chi connectivity index (χ2v) is 3.96. The quantitative estimate of drug-likeness (QED) is 0.486. The van der Waals surface area contributed by atoms with Crippen molar-refractivity contribution >= 4 is 10.9 Å². The van der Waals surface area contributed by atoms with Crippen molar-refractivity contribution in [3.8, 4) is 0 Å². The van der Waals surface area contributed by atoms with Gasteiger partial charge in [0.25, 0.3) is 0 Å². The summed E-state index contributed by atoms with van der Waals surface area (Å²) in [4.78, 5) is 4.40. The lowest BCUT2D eigenvalue weighted by Crippen LogP contribution is -2.43. The first kappa shape index (κ1) is 10.6. The molecule has 1 aromatic heterocycles. The summed E-state index contributed by atoms with van der Waals surface area (Å²) in [5, 5.41) is 1.10. The number of hydrazine groups is 3. The number of para-hydroxylation sites is 1. The number of nitrogens with one attached hydrogen (secondary N) is 4. The van der Waals surface area contributed by atoms with Crippen LogP contribution < -0.4 is 27.7 Å². The summed E-state index contributed by atoms with van der Waals surface area (Å²) >= 11 is 0. The van der Waals surface area contributed by atoms with E-state index in [0.29, 0.717) is 0 Å². The molecule has 88 valence electrons. The second kappa shape index (κ2) is 4.36. The highest BCUT2D eigenvalue weighted by molar-refractivity contribution is 5.82. The molecule has 1 unspecified atom stereocenters. The van der Waals surface area contributed by atoms with Crippen LogP contribution in [0.2, 0.25) is 0 Å². The number of benzene rings is 1. The van der Waals surface area contributed by atoms with E-state index < -0.39 is 0 Å². The van der Waals surface area contributed by atoms with E-state index in [2.05, 4.69) is 26.9 Å². The molecule has 1 aliphatic heterocycles. The normalized spacial score (nSPS) is 18.6. The molecule has 6 heteroatoms. The Kier molecular flexibility index (Phi) is 2.71. The summed E-state index contributed by atoms with van der Waals surface area (Å²) in [7, 11) is 0. The number of fused-ring (bicyclic) bond motifs is 1. The molecule has 1 atom stereocenters. The molecule has 0 radical (unpaired) electrons. The number of nitrogens with zero attached hydrogens (tertiary/aromatic N) is 1. The highest BCUT2D eigenvalue weighted by atomic mass is 15.8. The lowest BCUT2D eigenvalue weighted by molar-refractivity contribution is 0.442. The van der Waals surface area contributed by atoms with Crippen LogP contribution in [0.4, 0.5) is 0 Å². The minimum Gasteiger partial charge on any atom is -0.321 e. The number of hydrogen-bond acceptors (Lipinski definition) is 6. The molecular formula is C11H14N6. The standard InChI is InChI=1S/C11H14N6/c12-9(11-14-16-17-15-11)8-5-1-3-7-4-2-6-13-10(7)8/h1-6,9,11,14-17H,12H2. The first-order valence-electron chi connectivity index (χ1n) is 5.46. The Morgan fingerprint density at radius 1 is 1.12 bits per heavy atom. The van der Waals surface area contributed by atoms with E-state index in [-0.39, 0.29) is 12.2 Å². The maximum atomic E-state index is 6.22. The number of aromatic nitrogens is 1. The molecule has 6 N–H and O–H groups in total. The maximum Gasteiger partial charge on any atom is 0.105 e. The molecule has 1 aliphatic rings. The molecule has 0 amide bonds. The third-order valence-corrected chi connectivity index (χ3v) is 2.90. The smallest absolute Gasteiger partial charge is 0.105 e. The van der Waals surface area contributed by atoms with Gasteiger partial charge in [0.05, 0.1) is 11.6 Å². The molecule has 2 aromatic rings. The van der Waals surface area contributed by atoms with E-state index >= 15 is 0 Å². The first-order chi connectivity index (χ1) is 8.36. The van der Waals surface area contributed by atoms with Crippen LogP contribution in [-0.2, 0) is 0 Å². The SMILES string of the molecule is NC(c1cccc2cccnc12)C1NNNN1. The lowest BCUT2D eigenvalue weighted by atomic mass is 10.0. The number of hydrogen-bond donors (Lipinski definition) is 5. The summed E-state index contributed by atoms with van der Waals surface area (Å²) < 4.78 is 0. The Morgan fingerprint density at radius 3 is 2.71 bits per heavy atom. The van der Waals surface area contributed by atoms with Crippen molar-refractivity contribution < 1.29 is 0 Å². The zero-order valence-corrected chi connectivity index (χ0v) is 9.14. The van der Waals surface area contributed by atoms with Crippen molar-refractivity contribution in [2.75, 3.05) is 0 Å². The van der Waals surface area contributed by atoms with Crippen LogP contribution in [0.25, 0.3) is 10.9 Å². The van der Waals surface area contributed by atoms with Crippen molar-refractivity contribution in [1.82, 2.24) is 26.9 Å². The Balaban J connectivity index is 2.04. The van der Waals surface area contributed by atoms with E-state index in [0.717, 1.165) is 16.5 Å². The highest BCUT2D eigenvalue weighted by Gasteiger charge is 2.23. The number of nitrogens with two attached hydrogens (primary N) is 1. The van der Waals surface area contributed by atoms with E-state index in [1.165, 1.54) is 0 Å². The summed E-state index contributed by atoms with van der Waals surface area (Å²) in [6.45, 7) is 0. The average molecular weight is 230 g/mol. The van der Waals surface area contributed by atoms with E-state index in [4.69, 9.17) is 5.73 Å². The highest BCUT2D eigenvalue weighted by Crippen LogP contribution is 2.22. The molecule has 1 fully saturated rings. The van der Waals surface area contributed by atoms with Crippen LogP contribution in [0.3, 0.4) is 0 Å². The van der Waals surface area contributed by atoms with Crippen molar-refractivity contribution in [2.45, 2.75) is 12.2 Å². The Bertz CT molecular complexity index is 517. The fourth-order valence-corrected chi connectivity index (χ4v) is 2.02. The third kappa shape index (κ3) is 1.88. The summed E-state index contributed by atoms with van der Waals surface area (Å²) in [5.74, 6) is 0. The zero-order valence-electron chi connectivity index (χ0n) is 9.14. The van der Waals surface area contributed by atoms with Gasteiger partial charge < -0.3 is 5.73 Å². The summed E-state index contributed by atoms with van der Waals surface area (Å²) in [6, 6.07) is 9.79. The van der Waals surface area contributed by atoms with Gasteiger partial charge in [0.2, 0.25) is 0 Å². The van der Waals surface area contributed by atoms with Gasteiger partial charge in [-0.2, -0.15) is 11.1 Å². The molecule has 0 aliphatic carbocycles. The zero-order chi connectivity index (χ0) is 11.7. The Morgan fingerprint density at radius 2 is 1.88 bits per heavy atom. The van der Waals surface area contributed by atoms with Crippen LogP contribution in [0.1, 0.15) is 11.6 Å². The van der Waals surface area contributed by atoms with E-state index in [1.54, 1.807) is 6.20 Å². The maximum absolute atomic E-state index is 6.22. The van der Waals surface area contributed by atoms with Crippen molar-refractivity contribution in [1.29, 1.82) is 0 Å². The van der Waals surface area contributed by atoms with E-state index in [1.807, 2.05) is 30.3 Å². The van der Waals surface area contributed by atoms with Crippen molar-refractivity contribution in [2.24, 2.45) is 5.73 Å². The van der Waals surface area contributed by atoms with Crippen molar-refractivity contribution in [3.05, 3.63) is 42.1 Å².